The molecule has 0 aliphatic carbocycles. The normalized spacial score (nSPS) is 8.94. The van der Waals surface area contributed by atoms with Gasteiger partial charge in [-0.25, -0.2) is 9.59 Å². The summed E-state index contributed by atoms with van der Waals surface area (Å²) in [4.78, 5) is 20.2. The van der Waals surface area contributed by atoms with Gasteiger partial charge in [-0.1, -0.05) is 18.2 Å². The highest BCUT2D eigenvalue weighted by molar-refractivity contribution is 5.87. The van der Waals surface area contributed by atoms with Crippen LogP contribution in [0.1, 0.15) is 20.9 Å². The summed E-state index contributed by atoms with van der Waals surface area (Å²) in [5.74, 6) is -1.93. The lowest BCUT2D eigenvalue weighted by molar-refractivity contribution is 0.0659. The molecular weight excluding hydrogens is 224 g/mol. The average Bonchev–Trinajstić information content (AvgIpc) is 2.84. The van der Waals surface area contributed by atoms with E-state index in [0.29, 0.717) is 5.56 Å². The zero-order valence-electron chi connectivity index (χ0n) is 8.74. The van der Waals surface area contributed by atoms with Gasteiger partial charge in [-0.15, -0.1) is 0 Å². The molecule has 0 atom stereocenters. The smallest absolute Gasteiger partial charge is 0.371 e. The van der Waals surface area contributed by atoms with Crippen LogP contribution >= 0.6 is 0 Å². The van der Waals surface area contributed by atoms with Gasteiger partial charge in [0.1, 0.15) is 0 Å². The van der Waals surface area contributed by atoms with Crippen molar-refractivity contribution < 1.29 is 24.2 Å². The van der Waals surface area contributed by atoms with Crippen LogP contribution in [-0.2, 0) is 0 Å². The fourth-order valence-corrected chi connectivity index (χ4v) is 0.981. The second kappa shape index (κ2) is 6.12. The summed E-state index contributed by atoms with van der Waals surface area (Å²) in [6.45, 7) is 0. The van der Waals surface area contributed by atoms with Gasteiger partial charge in [-0.2, -0.15) is 0 Å². The van der Waals surface area contributed by atoms with E-state index in [1.165, 1.54) is 18.4 Å². The quantitative estimate of drug-likeness (QED) is 0.832. The molecule has 0 aliphatic heterocycles. The first-order valence-electron chi connectivity index (χ1n) is 4.66. The number of furan rings is 1. The molecular formula is C12H10O5. The monoisotopic (exact) mass is 234 g/mol. The van der Waals surface area contributed by atoms with Crippen molar-refractivity contribution in [1.82, 2.24) is 0 Å². The summed E-state index contributed by atoms with van der Waals surface area (Å²) < 4.78 is 4.50. The molecule has 1 aromatic carbocycles. The predicted octanol–water partition coefficient (Wildman–Crippen LogP) is 2.36. The Kier molecular flexibility index (Phi) is 4.50. The van der Waals surface area contributed by atoms with Gasteiger partial charge in [0.05, 0.1) is 11.8 Å². The molecule has 1 heterocycles. The van der Waals surface area contributed by atoms with Crippen LogP contribution in [0, 0.1) is 0 Å². The number of carboxylic acid groups (broad SMARTS) is 2. The van der Waals surface area contributed by atoms with Crippen molar-refractivity contribution in [3.8, 4) is 0 Å². The number of hydrogen-bond acceptors (Lipinski definition) is 3. The standard InChI is InChI=1S/C7H6O2.C5H4O3/c8-7(9)6-4-2-1-3-5-6;6-5(7)4-2-1-3-8-4/h1-5H,(H,8,9);1-3H,(H,6,7). The first kappa shape index (κ1) is 12.5. The van der Waals surface area contributed by atoms with E-state index in [2.05, 4.69) is 4.42 Å². The first-order chi connectivity index (χ1) is 8.11. The molecule has 0 saturated heterocycles. The van der Waals surface area contributed by atoms with Gasteiger partial charge >= 0.3 is 11.9 Å². The highest BCUT2D eigenvalue weighted by atomic mass is 16.4. The molecule has 88 valence electrons. The van der Waals surface area contributed by atoms with Crippen molar-refractivity contribution in [2.24, 2.45) is 0 Å². The van der Waals surface area contributed by atoms with Crippen LogP contribution in [-0.4, -0.2) is 22.2 Å². The zero-order valence-corrected chi connectivity index (χ0v) is 8.74. The van der Waals surface area contributed by atoms with Crippen molar-refractivity contribution in [2.45, 2.75) is 0 Å². The van der Waals surface area contributed by atoms with Crippen molar-refractivity contribution in [3.63, 3.8) is 0 Å². The van der Waals surface area contributed by atoms with Crippen LogP contribution < -0.4 is 0 Å². The lowest BCUT2D eigenvalue weighted by Gasteiger charge is -1.88. The molecule has 0 fully saturated rings. The highest BCUT2D eigenvalue weighted by Gasteiger charge is 2.01. The lowest BCUT2D eigenvalue weighted by Crippen LogP contribution is -1.93. The Morgan fingerprint density at radius 3 is 1.82 bits per heavy atom. The largest absolute Gasteiger partial charge is 0.478 e. The van der Waals surface area contributed by atoms with Gasteiger partial charge in [0.2, 0.25) is 5.76 Å². The van der Waals surface area contributed by atoms with E-state index < -0.39 is 11.9 Å². The Morgan fingerprint density at radius 2 is 1.53 bits per heavy atom. The number of rotatable bonds is 2. The van der Waals surface area contributed by atoms with Gasteiger partial charge in [0, 0.05) is 0 Å². The first-order valence-corrected chi connectivity index (χ1v) is 4.66. The van der Waals surface area contributed by atoms with Gasteiger partial charge in [0.15, 0.2) is 0 Å². The van der Waals surface area contributed by atoms with Gasteiger partial charge in [0.25, 0.3) is 0 Å². The van der Waals surface area contributed by atoms with E-state index in [9.17, 15) is 9.59 Å². The minimum atomic E-state index is -1.03. The van der Waals surface area contributed by atoms with E-state index in [1.807, 2.05) is 0 Å². The number of carboxylic acids is 2. The van der Waals surface area contributed by atoms with E-state index in [1.54, 1.807) is 30.3 Å². The molecule has 2 N–H and O–H groups in total. The van der Waals surface area contributed by atoms with Gasteiger partial charge < -0.3 is 14.6 Å². The summed E-state index contributed by atoms with van der Waals surface area (Å²) in [6, 6.07) is 11.2. The number of carbonyl (C=O) groups is 2. The van der Waals surface area contributed by atoms with Crippen molar-refractivity contribution in [3.05, 3.63) is 60.1 Å². The fourth-order valence-electron chi connectivity index (χ4n) is 0.981. The molecule has 2 aromatic rings. The number of hydrogen-bond donors (Lipinski definition) is 2. The SMILES string of the molecule is O=C(O)c1ccccc1.O=C(O)c1ccco1. The van der Waals surface area contributed by atoms with Crippen LogP contribution in [0.2, 0.25) is 0 Å². The van der Waals surface area contributed by atoms with E-state index >= 15 is 0 Å². The summed E-state index contributed by atoms with van der Waals surface area (Å²) in [7, 11) is 0. The van der Waals surface area contributed by atoms with Crippen molar-refractivity contribution in [2.75, 3.05) is 0 Å². The maximum Gasteiger partial charge on any atom is 0.371 e. The Balaban J connectivity index is 0.000000171. The summed E-state index contributed by atoms with van der Waals surface area (Å²) >= 11 is 0. The molecule has 0 bridgehead atoms. The Hall–Kier alpha value is -2.56. The Bertz CT molecular complexity index is 473. The average molecular weight is 234 g/mol. The minimum Gasteiger partial charge on any atom is -0.478 e. The van der Waals surface area contributed by atoms with Crippen molar-refractivity contribution >= 4 is 11.9 Å². The third kappa shape index (κ3) is 4.21. The molecule has 0 amide bonds. The molecule has 17 heavy (non-hydrogen) atoms. The third-order valence-corrected chi connectivity index (χ3v) is 1.75. The van der Waals surface area contributed by atoms with E-state index in [-0.39, 0.29) is 5.76 Å². The molecule has 0 spiro atoms. The van der Waals surface area contributed by atoms with Crippen LogP contribution in [0.3, 0.4) is 0 Å². The molecule has 0 aliphatic rings. The second-order valence-electron chi connectivity index (χ2n) is 2.95. The maximum atomic E-state index is 10.2. The molecule has 2 rings (SSSR count). The minimum absolute atomic E-state index is 0.0231. The molecule has 5 nitrogen and oxygen atoms in total. The predicted molar refractivity (Wildman–Crippen MR) is 59.1 cm³/mol. The van der Waals surface area contributed by atoms with Crippen molar-refractivity contribution in [1.29, 1.82) is 0 Å². The number of benzene rings is 1. The third-order valence-electron chi connectivity index (χ3n) is 1.75. The Labute approximate surface area is 96.9 Å². The molecule has 0 saturated carbocycles. The highest BCUT2D eigenvalue weighted by Crippen LogP contribution is 1.97. The van der Waals surface area contributed by atoms with Gasteiger partial charge in [-0.05, 0) is 24.3 Å². The van der Waals surface area contributed by atoms with Crippen LogP contribution in [0.5, 0.6) is 0 Å². The maximum absolute atomic E-state index is 10.2. The number of aromatic carboxylic acids is 2. The summed E-state index contributed by atoms with van der Waals surface area (Å²) in [5, 5.41) is 16.6. The van der Waals surface area contributed by atoms with E-state index in [4.69, 9.17) is 10.2 Å². The molecule has 0 unspecified atom stereocenters. The fraction of sp³-hybridized carbons (Fsp3) is 0. The van der Waals surface area contributed by atoms with Crippen LogP contribution in [0.25, 0.3) is 0 Å². The van der Waals surface area contributed by atoms with Crippen LogP contribution in [0.4, 0.5) is 0 Å². The molecule has 1 aromatic heterocycles. The second-order valence-corrected chi connectivity index (χ2v) is 2.95. The van der Waals surface area contributed by atoms with Crippen LogP contribution in [0.15, 0.2) is 53.1 Å². The summed E-state index contributed by atoms with van der Waals surface area (Å²) in [6.07, 6.45) is 1.32. The Morgan fingerprint density at radius 1 is 0.882 bits per heavy atom. The molecule has 5 heteroatoms. The topological polar surface area (TPSA) is 87.7 Å². The summed E-state index contributed by atoms with van der Waals surface area (Å²) in [5.41, 5.74) is 0.331. The lowest BCUT2D eigenvalue weighted by atomic mass is 10.2. The zero-order chi connectivity index (χ0) is 12.7. The molecule has 0 radical (unpaired) electrons. The van der Waals surface area contributed by atoms with E-state index in [0.717, 1.165) is 0 Å². The van der Waals surface area contributed by atoms with Gasteiger partial charge in [-0.3, -0.25) is 0 Å².